The maximum Gasteiger partial charge on any atom is 0.356 e. The van der Waals surface area contributed by atoms with Crippen molar-refractivity contribution in [1.29, 1.82) is 0 Å². The molecule has 0 atom stereocenters. The van der Waals surface area contributed by atoms with Crippen LogP contribution in [0.4, 0.5) is 5.82 Å². The van der Waals surface area contributed by atoms with E-state index in [0.29, 0.717) is 11.7 Å². The van der Waals surface area contributed by atoms with E-state index < -0.39 is 5.97 Å². The van der Waals surface area contributed by atoms with Gasteiger partial charge in [-0.25, -0.2) is 14.8 Å². The van der Waals surface area contributed by atoms with Gasteiger partial charge in [-0.2, -0.15) is 0 Å². The molecule has 0 spiro atoms. The lowest BCUT2D eigenvalue weighted by Crippen LogP contribution is -2.58. The molecule has 6 heteroatoms. The van der Waals surface area contributed by atoms with Crippen molar-refractivity contribution in [2.45, 2.75) is 13.0 Å². The number of aromatic carboxylic acids is 1. The lowest BCUT2D eigenvalue weighted by atomic mass is 10.1. The van der Waals surface area contributed by atoms with Crippen LogP contribution in [-0.4, -0.2) is 59.2 Å². The highest BCUT2D eigenvalue weighted by molar-refractivity contribution is 5.85. The molecule has 1 N–H and O–H groups in total. The molecule has 1 saturated heterocycles. The molecule has 2 heterocycles. The van der Waals surface area contributed by atoms with Crippen molar-refractivity contribution in [2.24, 2.45) is 0 Å². The van der Waals surface area contributed by atoms with Gasteiger partial charge >= 0.3 is 5.97 Å². The quantitative estimate of drug-likeness (QED) is 0.810. The van der Waals surface area contributed by atoms with E-state index in [1.165, 1.54) is 6.20 Å². The average molecular weight is 236 g/mol. The van der Waals surface area contributed by atoms with E-state index in [1.807, 2.05) is 14.1 Å². The molecule has 1 aliphatic heterocycles. The molecule has 1 aliphatic rings. The number of anilines is 1. The summed E-state index contributed by atoms with van der Waals surface area (Å²) >= 11 is 0. The topological polar surface area (TPSA) is 69.6 Å². The van der Waals surface area contributed by atoms with Gasteiger partial charge in [-0.3, -0.25) is 0 Å². The van der Waals surface area contributed by atoms with Gasteiger partial charge in [0.2, 0.25) is 0 Å². The van der Waals surface area contributed by atoms with E-state index in [1.54, 1.807) is 6.92 Å². The Kier molecular flexibility index (Phi) is 2.97. The van der Waals surface area contributed by atoms with Gasteiger partial charge < -0.3 is 14.9 Å². The molecule has 0 saturated carbocycles. The summed E-state index contributed by atoms with van der Waals surface area (Å²) in [5.74, 6) is -0.255. The molecular formula is C11H16N4O2. The SMILES string of the molecule is Cc1nc(C(=O)O)cnc1N1CC(N(C)C)C1. The van der Waals surface area contributed by atoms with Gasteiger partial charge in [0.1, 0.15) is 5.82 Å². The number of hydrogen-bond donors (Lipinski definition) is 1. The molecule has 0 radical (unpaired) electrons. The summed E-state index contributed by atoms with van der Waals surface area (Å²) in [6.45, 7) is 3.61. The maximum absolute atomic E-state index is 10.7. The largest absolute Gasteiger partial charge is 0.476 e. The first-order valence-electron chi connectivity index (χ1n) is 5.47. The Labute approximate surface area is 99.9 Å². The number of hydrogen-bond acceptors (Lipinski definition) is 5. The van der Waals surface area contributed by atoms with Crippen LogP contribution in [-0.2, 0) is 0 Å². The molecule has 92 valence electrons. The fourth-order valence-corrected chi connectivity index (χ4v) is 1.84. The minimum absolute atomic E-state index is 0.00377. The Bertz CT molecular complexity index is 441. The first-order chi connectivity index (χ1) is 7.99. The molecule has 17 heavy (non-hydrogen) atoms. The number of nitrogens with zero attached hydrogens (tertiary/aromatic N) is 4. The summed E-state index contributed by atoms with van der Waals surface area (Å²) in [5.41, 5.74) is 0.665. The molecule has 0 aliphatic carbocycles. The fraction of sp³-hybridized carbons (Fsp3) is 0.545. The van der Waals surface area contributed by atoms with Crippen LogP contribution in [0.2, 0.25) is 0 Å². The highest BCUT2D eigenvalue weighted by Gasteiger charge is 2.30. The normalized spacial score (nSPS) is 16.1. The lowest BCUT2D eigenvalue weighted by molar-refractivity contribution is 0.0689. The Morgan fingerprint density at radius 1 is 1.53 bits per heavy atom. The molecule has 2 rings (SSSR count). The Morgan fingerprint density at radius 2 is 2.18 bits per heavy atom. The molecule has 0 unspecified atom stereocenters. The van der Waals surface area contributed by atoms with Crippen LogP contribution in [0.5, 0.6) is 0 Å². The van der Waals surface area contributed by atoms with E-state index in [4.69, 9.17) is 5.11 Å². The van der Waals surface area contributed by atoms with E-state index in [-0.39, 0.29) is 5.69 Å². The number of carboxylic acid groups (broad SMARTS) is 1. The minimum atomic E-state index is -1.04. The molecule has 1 aromatic rings. The van der Waals surface area contributed by atoms with Gasteiger partial charge in [0.15, 0.2) is 5.69 Å². The predicted molar refractivity (Wildman–Crippen MR) is 63.4 cm³/mol. The van der Waals surface area contributed by atoms with Crippen LogP contribution in [0.1, 0.15) is 16.2 Å². The van der Waals surface area contributed by atoms with Crippen LogP contribution in [0.3, 0.4) is 0 Å². The van der Waals surface area contributed by atoms with Crippen LogP contribution < -0.4 is 4.90 Å². The Hall–Kier alpha value is -1.69. The Morgan fingerprint density at radius 3 is 2.65 bits per heavy atom. The zero-order valence-corrected chi connectivity index (χ0v) is 10.2. The Balaban J connectivity index is 2.11. The second-order valence-electron chi connectivity index (χ2n) is 4.49. The van der Waals surface area contributed by atoms with Gasteiger partial charge in [-0.1, -0.05) is 0 Å². The predicted octanol–water partition coefficient (Wildman–Crippen LogP) is 0.233. The smallest absolute Gasteiger partial charge is 0.356 e. The molecular weight excluding hydrogens is 220 g/mol. The van der Waals surface area contributed by atoms with Crippen molar-refractivity contribution in [1.82, 2.24) is 14.9 Å². The summed E-state index contributed by atoms with van der Waals surface area (Å²) in [6.07, 6.45) is 1.31. The van der Waals surface area contributed by atoms with Crippen LogP contribution >= 0.6 is 0 Å². The third kappa shape index (κ3) is 2.21. The summed E-state index contributed by atoms with van der Waals surface area (Å²) in [6, 6.07) is 0.537. The molecule has 0 amide bonds. The number of carbonyl (C=O) groups is 1. The summed E-state index contributed by atoms with van der Waals surface area (Å²) in [4.78, 5) is 23.2. The summed E-state index contributed by atoms with van der Waals surface area (Å²) in [5, 5.41) is 8.80. The van der Waals surface area contributed by atoms with Gasteiger partial charge in [-0.05, 0) is 21.0 Å². The monoisotopic (exact) mass is 236 g/mol. The standard InChI is InChI=1S/C11H16N4O2/c1-7-10(12-4-9(13-7)11(16)17)15-5-8(6-15)14(2)3/h4,8H,5-6H2,1-3H3,(H,16,17). The third-order valence-electron chi connectivity index (χ3n) is 3.03. The van der Waals surface area contributed by atoms with Gasteiger partial charge in [-0.15, -0.1) is 0 Å². The van der Waals surface area contributed by atoms with Gasteiger partial charge in [0.05, 0.1) is 11.9 Å². The second kappa shape index (κ2) is 4.29. The molecule has 1 aromatic heterocycles. The molecule has 1 fully saturated rings. The second-order valence-corrected chi connectivity index (χ2v) is 4.49. The van der Waals surface area contributed by atoms with Crippen molar-refractivity contribution in [3.63, 3.8) is 0 Å². The van der Waals surface area contributed by atoms with Crippen molar-refractivity contribution in [2.75, 3.05) is 32.1 Å². The van der Waals surface area contributed by atoms with Gasteiger partial charge in [0.25, 0.3) is 0 Å². The number of likely N-dealkylation sites (N-methyl/N-ethyl adjacent to an activating group) is 1. The zero-order valence-electron chi connectivity index (χ0n) is 10.2. The maximum atomic E-state index is 10.7. The van der Waals surface area contributed by atoms with E-state index in [2.05, 4.69) is 19.8 Å². The third-order valence-corrected chi connectivity index (χ3v) is 3.03. The highest BCUT2D eigenvalue weighted by Crippen LogP contribution is 2.22. The van der Waals surface area contributed by atoms with Crippen LogP contribution in [0, 0.1) is 6.92 Å². The van der Waals surface area contributed by atoms with Crippen molar-refractivity contribution >= 4 is 11.8 Å². The zero-order chi connectivity index (χ0) is 12.6. The van der Waals surface area contributed by atoms with E-state index in [0.717, 1.165) is 18.9 Å². The van der Waals surface area contributed by atoms with Gasteiger partial charge in [0, 0.05) is 19.1 Å². The van der Waals surface area contributed by atoms with E-state index >= 15 is 0 Å². The number of rotatable bonds is 3. The molecule has 0 bridgehead atoms. The van der Waals surface area contributed by atoms with Crippen LogP contribution in [0.25, 0.3) is 0 Å². The van der Waals surface area contributed by atoms with Crippen molar-refractivity contribution in [3.05, 3.63) is 17.6 Å². The average Bonchev–Trinajstić information content (AvgIpc) is 2.17. The minimum Gasteiger partial charge on any atom is -0.476 e. The number of carboxylic acids is 1. The highest BCUT2D eigenvalue weighted by atomic mass is 16.4. The first kappa shape index (κ1) is 11.8. The van der Waals surface area contributed by atoms with Crippen molar-refractivity contribution < 1.29 is 9.90 Å². The lowest BCUT2D eigenvalue weighted by Gasteiger charge is -2.43. The number of aromatic nitrogens is 2. The first-order valence-corrected chi connectivity index (χ1v) is 5.47. The summed E-state index contributed by atoms with van der Waals surface area (Å²) < 4.78 is 0. The van der Waals surface area contributed by atoms with E-state index in [9.17, 15) is 4.79 Å². The fourth-order valence-electron chi connectivity index (χ4n) is 1.84. The van der Waals surface area contributed by atoms with Crippen LogP contribution in [0.15, 0.2) is 6.20 Å². The summed E-state index contributed by atoms with van der Waals surface area (Å²) in [7, 11) is 4.10. The number of aryl methyl sites for hydroxylation is 1. The van der Waals surface area contributed by atoms with Crippen molar-refractivity contribution in [3.8, 4) is 0 Å². The molecule has 6 nitrogen and oxygen atoms in total. The molecule has 0 aromatic carbocycles.